The van der Waals surface area contributed by atoms with Gasteiger partial charge in [-0.05, 0) is 51.5 Å². The topological polar surface area (TPSA) is 64.0 Å². The Labute approximate surface area is 203 Å². The molecule has 3 rings (SSSR count). The summed E-state index contributed by atoms with van der Waals surface area (Å²) in [6.07, 6.45) is -0.993. The predicted molar refractivity (Wildman–Crippen MR) is 128 cm³/mol. The normalized spacial score (nSPS) is 16.6. The lowest BCUT2D eigenvalue weighted by atomic mass is 9.99. The number of pyridine rings is 1. The Balaban J connectivity index is 1.79. The highest BCUT2D eigenvalue weighted by Crippen LogP contribution is 2.30. The summed E-state index contributed by atoms with van der Waals surface area (Å²) in [5.41, 5.74) is 1.33. The Bertz CT molecular complexity index is 1110. The van der Waals surface area contributed by atoms with Crippen LogP contribution >= 0.6 is 0 Å². The molecule has 0 radical (unpaired) electrons. The van der Waals surface area contributed by atoms with Crippen molar-refractivity contribution in [1.29, 1.82) is 0 Å². The number of halogens is 3. The largest absolute Gasteiger partial charge is 0.475 e. The highest BCUT2D eigenvalue weighted by Gasteiger charge is 2.31. The fraction of sp³-hybridized carbons (Fsp3) is 0.423. The first-order chi connectivity index (χ1) is 16.5. The minimum Gasteiger partial charge on any atom is -0.475 e. The summed E-state index contributed by atoms with van der Waals surface area (Å²) in [4.78, 5) is 23.5. The zero-order valence-electron chi connectivity index (χ0n) is 20.5. The minimum absolute atomic E-state index is 0.0203. The van der Waals surface area contributed by atoms with Crippen LogP contribution < -0.4 is 4.74 Å². The summed E-state index contributed by atoms with van der Waals surface area (Å²) in [6, 6.07) is 7.29. The number of alkyl halides is 3. The van der Waals surface area contributed by atoms with Crippen LogP contribution in [-0.2, 0) is 10.9 Å². The Morgan fingerprint density at radius 3 is 2.54 bits per heavy atom. The summed E-state index contributed by atoms with van der Waals surface area (Å²) >= 11 is 0. The number of likely N-dealkylation sites (N-methyl/N-ethyl adjacent to an activating group) is 1. The number of nitrogens with zero attached hydrogens (tertiary/aromatic N) is 3. The maximum absolute atomic E-state index is 13.6. The maximum Gasteiger partial charge on any atom is 0.417 e. The van der Waals surface area contributed by atoms with Crippen LogP contribution in [0.4, 0.5) is 13.2 Å². The average Bonchev–Trinajstić information content (AvgIpc) is 2.82. The number of carbonyl (C=O) groups is 1. The fourth-order valence-electron chi connectivity index (χ4n) is 3.81. The zero-order chi connectivity index (χ0) is 25.8. The Morgan fingerprint density at radius 1 is 1.20 bits per heavy atom. The van der Waals surface area contributed by atoms with Crippen LogP contribution in [0.5, 0.6) is 5.88 Å². The molecular formula is C26H30F3N3O3. The van der Waals surface area contributed by atoms with Crippen LogP contribution in [0.15, 0.2) is 47.6 Å². The van der Waals surface area contributed by atoms with Gasteiger partial charge in [-0.3, -0.25) is 4.79 Å². The monoisotopic (exact) mass is 489 g/mol. The van der Waals surface area contributed by atoms with Gasteiger partial charge in [0.1, 0.15) is 12.4 Å². The second-order valence-corrected chi connectivity index (χ2v) is 8.44. The van der Waals surface area contributed by atoms with Gasteiger partial charge in [0.25, 0.3) is 5.91 Å². The number of ether oxygens (including phenoxy) is 2. The van der Waals surface area contributed by atoms with Gasteiger partial charge < -0.3 is 14.4 Å². The molecule has 0 N–H and O–H groups in total. The fourth-order valence-corrected chi connectivity index (χ4v) is 3.81. The molecule has 2 atom stereocenters. The van der Waals surface area contributed by atoms with Crippen LogP contribution in [0, 0.1) is 6.92 Å². The van der Waals surface area contributed by atoms with Crippen molar-refractivity contribution in [3.63, 3.8) is 0 Å². The molecule has 1 unspecified atom stereocenters. The molecule has 1 aromatic carbocycles. The maximum atomic E-state index is 13.6. The standard InChI is InChI=1S/C26H30F3N3O3/c1-6-20-13-23(35-18(5)31-20)22-12-16(3)8-10-21(22)25(33)32(7-2)17(4)15-34-24-11-9-19(14-30-24)26(27,28)29/h8-14,17,20H,6-7,15H2,1-5H3/t17-,20?/m0/s1. The zero-order valence-corrected chi connectivity index (χ0v) is 20.5. The van der Waals surface area contributed by atoms with E-state index < -0.39 is 11.7 Å². The van der Waals surface area contributed by atoms with Gasteiger partial charge in [0.05, 0.1) is 23.2 Å². The summed E-state index contributed by atoms with van der Waals surface area (Å²) in [5, 5.41) is 0. The van der Waals surface area contributed by atoms with E-state index in [9.17, 15) is 18.0 Å². The number of aryl methyl sites for hydroxylation is 1. The SMILES string of the molecule is CCC1C=C(c2cc(C)ccc2C(=O)N(CC)[C@@H](C)COc2ccc(C(F)(F)F)cn2)OC(C)=N1. The molecule has 2 aromatic rings. The Morgan fingerprint density at radius 2 is 1.94 bits per heavy atom. The number of carbonyl (C=O) groups excluding carboxylic acids is 1. The van der Waals surface area contributed by atoms with Gasteiger partial charge >= 0.3 is 6.18 Å². The molecule has 1 amide bonds. The lowest BCUT2D eigenvalue weighted by Gasteiger charge is -2.29. The van der Waals surface area contributed by atoms with Crippen LogP contribution in [0.1, 0.15) is 61.2 Å². The van der Waals surface area contributed by atoms with Gasteiger partial charge in [-0.1, -0.05) is 18.6 Å². The van der Waals surface area contributed by atoms with Crippen LogP contribution in [0.25, 0.3) is 5.76 Å². The number of hydrogen-bond donors (Lipinski definition) is 0. The van der Waals surface area contributed by atoms with E-state index in [0.29, 0.717) is 29.3 Å². The van der Waals surface area contributed by atoms with Crippen molar-refractivity contribution < 1.29 is 27.4 Å². The van der Waals surface area contributed by atoms with E-state index in [2.05, 4.69) is 9.98 Å². The number of aliphatic imine (C=N–C) groups is 1. The molecule has 0 aliphatic carbocycles. The molecule has 6 nitrogen and oxygen atoms in total. The smallest absolute Gasteiger partial charge is 0.417 e. The second-order valence-electron chi connectivity index (χ2n) is 8.44. The molecular weight excluding hydrogens is 459 g/mol. The number of benzene rings is 1. The molecule has 0 saturated carbocycles. The van der Waals surface area contributed by atoms with E-state index in [1.54, 1.807) is 17.9 Å². The average molecular weight is 490 g/mol. The van der Waals surface area contributed by atoms with Crippen LogP contribution in [0.3, 0.4) is 0 Å². The van der Waals surface area contributed by atoms with Gasteiger partial charge in [0, 0.05) is 31.3 Å². The number of rotatable bonds is 8. The van der Waals surface area contributed by atoms with Crippen molar-refractivity contribution in [1.82, 2.24) is 9.88 Å². The predicted octanol–water partition coefficient (Wildman–Crippen LogP) is 5.91. The van der Waals surface area contributed by atoms with E-state index in [1.165, 1.54) is 6.07 Å². The van der Waals surface area contributed by atoms with Crippen molar-refractivity contribution in [2.75, 3.05) is 13.2 Å². The third kappa shape index (κ3) is 6.41. The molecule has 0 bridgehead atoms. The van der Waals surface area contributed by atoms with Crippen molar-refractivity contribution in [2.45, 2.75) is 59.3 Å². The second kappa shape index (κ2) is 10.9. The minimum atomic E-state index is -4.46. The van der Waals surface area contributed by atoms with Crippen molar-refractivity contribution >= 4 is 17.6 Å². The molecule has 35 heavy (non-hydrogen) atoms. The number of hydrogen-bond acceptors (Lipinski definition) is 5. The summed E-state index contributed by atoms with van der Waals surface area (Å²) in [6.45, 7) is 9.94. The summed E-state index contributed by atoms with van der Waals surface area (Å²) in [7, 11) is 0. The van der Waals surface area contributed by atoms with E-state index in [0.717, 1.165) is 24.2 Å². The molecule has 0 fully saturated rings. The molecule has 1 aromatic heterocycles. The first-order valence-electron chi connectivity index (χ1n) is 11.6. The van der Waals surface area contributed by atoms with Gasteiger partial charge in [-0.25, -0.2) is 9.98 Å². The first-order valence-corrected chi connectivity index (χ1v) is 11.6. The van der Waals surface area contributed by atoms with Gasteiger partial charge in [-0.2, -0.15) is 13.2 Å². The van der Waals surface area contributed by atoms with Crippen molar-refractivity contribution in [3.05, 3.63) is 64.9 Å². The molecule has 9 heteroatoms. The van der Waals surface area contributed by atoms with Crippen molar-refractivity contribution in [3.8, 4) is 5.88 Å². The van der Waals surface area contributed by atoms with E-state index in [1.807, 2.05) is 45.9 Å². The molecule has 0 saturated heterocycles. The first kappa shape index (κ1) is 26.2. The van der Waals surface area contributed by atoms with Gasteiger partial charge in [-0.15, -0.1) is 0 Å². The molecule has 2 heterocycles. The highest BCUT2D eigenvalue weighted by molar-refractivity contribution is 6.00. The lowest BCUT2D eigenvalue weighted by Crippen LogP contribution is -2.42. The van der Waals surface area contributed by atoms with Gasteiger partial charge in [0.2, 0.25) is 5.88 Å². The van der Waals surface area contributed by atoms with E-state index >= 15 is 0 Å². The third-order valence-corrected chi connectivity index (χ3v) is 5.71. The highest BCUT2D eigenvalue weighted by atomic mass is 19.4. The van der Waals surface area contributed by atoms with E-state index in [4.69, 9.17) is 9.47 Å². The summed E-state index contributed by atoms with van der Waals surface area (Å²) in [5.74, 6) is 1.01. The number of amides is 1. The Hall–Kier alpha value is -3.36. The summed E-state index contributed by atoms with van der Waals surface area (Å²) < 4.78 is 49.7. The van der Waals surface area contributed by atoms with Crippen LogP contribution in [-0.4, -0.2) is 46.9 Å². The van der Waals surface area contributed by atoms with Gasteiger partial charge in [0.15, 0.2) is 5.90 Å². The van der Waals surface area contributed by atoms with E-state index in [-0.39, 0.29) is 30.5 Å². The number of aromatic nitrogens is 1. The lowest BCUT2D eigenvalue weighted by molar-refractivity contribution is -0.137. The van der Waals surface area contributed by atoms with Crippen LogP contribution in [0.2, 0.25) is 0 Å². The van der Waals surface area contributed by atoms with Crippen molar-refractivity contribution in [2.24, 2.45) is 4.99 Å². The molecule has 1 aliphatic heterocycles. The quantitative estimate of drug-likeness (QED) is 0.463. The molecule has 188 valence electrons. The third-order valence-electron chi connectivity index (χ3n) is 5.71. The molecule has 1 aliphatic rings. The Kier molecular flexibility index (Phi) is 8.19. The molecule has 0 spiro atoms.